The molecule has 2 aromatic rings. The quantitative estimate of drug-likeness (QED) is 0.843. The summed E-state index contributed by atoms with van der Waals surface area (Å²) in [5.41, 5.74) is 0. The standard InChI is InChI=1S/C14H19BrN4O/c1-11(2)16-9-14-17-10-19(18-14)7-8-20-13-5-3-12(15)4-6-13/h3-6,10-11,16H,7-9H2,1-2H3. The second kappa shape index (κ2) is 7.40. The highest BCUT2D eigenvalue weighted by Crippen LogP contribution is 2.15. The Balaban J connectivity index is 1.75. The monoisotopic (exact) mass is 338 g/mol. The van der Waals surface area contributed by atoms with Crippen molar-refractivity contribution in [1.29, 1.82) is 0 Å². The Bertz CT molecular complexity index is 524. The van der Waals surface area contributed by atoms with Crippen molar-refractivity contribution in [3.8, 4) is 5.75 Å². The van der Waals surface area contributed by atoms with Gasteiger partial charge in [-0.2, -0.15) is 5.10 Å². The van der Waals surface area contributed by atoms with E-state index in [0.29, 0.717) is 25.7 Å². The molecular weight excluding hydrogens is 320 g/mol. The average Bonchev–Trinajstić information content (AvgIpc) is 2.87. The Morgan fingerprint density at radius 2 is 2.05 bits per heavy atom. The van der Waals surface area contributed by atoms with Crippen LogP contribution >= 0.6 is 15.9 Å². The van der Waals surface area contributed by atoms with Gasteiger partial charge in [-0.15, -0.1) is 0 Å². The van der Waals surface area contributed by atoms with Crippen LogP contribution in [0.5, 0.6) is 5.75 Å². The number of aromatic nitrogens is 3. The van der Waals surface area contributed by atoms with Gasteiger partial charge in [0.05, 0.1) is 13.1 Å². The molecule has 108 valence electrons. The molecule has 0 saturated heterocycles. The molecule has 0 amide bonds. The van der Waals surface area contributed by atoms with Crippen LogP contribution in [0, 0.1) is 0 Å². The van der Waals surface area contributed by atoms with E-state index >= 15 is 0 Å². The molecule has 0 radical (unpaired) electrons. The summed E-state index contributed by atoms with van der Waals surface area (Å²) in [4.78, 5) is 4.25. The summed E-state index contributed by atoms with van der Waals surface area (Å²) in [6.45, 7) is 6.15. The predicted octanol–water partition coefficient (Wildman–Crippen LogP) is 2.62. The van der Waals surface area contributed by atoms with E-state index in [2.05, 4.69) is 45.2 Å². The first kappa shape index (κ1) is 15.0. The van der Waals surface area contributed by atoms with Crippen LogP contribution in [0.15, 0.2) is 35.1 Å². The van der Waals surface area contributed by atoms with Crippen LogP contribution in [0.25, 0.3) is 0 Å². The van der Waals surface area contributed by atoms with Gasteiger partial charge in [0.2, 0.25) is 0 Å². The Kier molecular flexibility index (Phi) is 5.55. The first-order valence-corrected chi connectivity index (χ1v) is 7.43. The van der Waals surface area contributed by atoms with Crippen LogP contribution in [0.4, 0.5) is 0 Å². The van der Waals surface area contributed by atoms with Crippen molar-refractivity contribution in [2.75, 3.05) is 6.61 Å². The number of rotatable bonds is 7. The van der Waals surface area contributed by atoms with Gasteiger partial charge in [-0.05, 0) is 24.3 Å². The maximum Gasteiger partial charge on any atom is 0.164 e. The molecule has 0 fully saturated rings. The van der Waals surface area contributed by atoms with Crippen LogP contribution in [-0.4, -0.2) is 27.4 Å². The number of nitrogens with one attached hydrogen (secondary N) is 1. The molecule has 1 aromatic carbocycles. The second-order valence-corrected chi connectivity index (χ2v) is 5.68. The average molecular weight is 339 g/mol. The third kappa shape index (κ3) is 4.94. The van der Waals surface area contributed by atoms with E-state index in [9.17, 15) is 0 Å². The molecule has 0 bridgehead atoms. The number of benzene rings is 1. The number of nitrogens with zero attached hydrogens (tertiary/aromatic N) is 3. The summed E-state index contributed by atoms with van der Waals surface area (Å²) in [6, 6.07) is 8.22. The molecule has 2 rings (SSSR count). The van der Waals surface area contributed by atoms with Crippen LogP contribution in [0.2, 0.25) is 0 Å². The van der Waals surface area contributed by atoms with E-state index in [1.807, 2.05) is 24.3 Å². The van der Waals surface area contributed by atoms with E-state index < -0.39 is 0 Å². The molecule has 6 heteroatoms. The fourth-order valence-electron chi connectivity index (χ4n) is 1.61. The fraction of sp³-hybridized carbons (Fsp3) is 0.429. The molecule has 0 aliphatic carbocycles. The van der Waals surface area contributed by atoms with Crippen LogP contribution in [0.1, 0.15) is 19.7 Å². The van der Waals surface area contributed by atoms with Gasteiger partial charge in [-0.3, -0.25) is 0 Å². The molecule has 1 N–H and O–H groups in total. The third-order valence-electron chi connectivity index (χ3n) is 2.66. The number of ether oxygens (including phenoxy) is 1. The largest absolute Gasteiger partial charge is 0.492 e. The van der Waals surface area contributed by atoms with E-state index in [1.54, 1.807) is 11.0 Å². The molecule has 0 saturated carbocycles. The highest BCUT2D eigenvalue weighted by Gasteiger charge is 2.02. The predicted molar refractivity (Wildman–Crippen MR) is 81.6 cm³/mol. The van der Waals surface area contributed by atoms with E-state index in [0.717, 1.165) is 16.0 Å². The lowest BCUT2D eigenvalue weighted by Crippen LogP contribution is -2.22. The smallest absolute Gasteiger partial charge is 0.164 e. The van der Waals surface area contributed by atoms with Crippen molar-refractivity contribution in [2.45, 2.75) is 33.0 Å². The zero-order chi connectivity index (χ0) is 14.4. The summed E-state index contributed by atoms with van der Waals surface area (Å²) in [7, 11) is 0. The summed E-state index contributed by atoms with van der Waals surface area (Å²) >= 11 is 3.39. The minimum absolute atomic E-state index is 0.433. The lowest BCUT2D eigenvalue weighted by Gasteiger charge is -2.06. The van der Waals surface area contributed by atoms with Crippen molar-refractivity contribution in [3.63, 3.8) is 0 Å². The number of halogens is 1. The fourth-order valence-corrected chi connectivity index (χ4v) is 1.87. The highest BCUT2D eigenvalue weighted by molar-refractivity contribution is 9.10. The van der Waals surface area contributed by atoms with E-state index in [-0.39, 0.29) is 0 Å². The minimum atomic E-state index is 0.433. The highest BCUT2D eigenvalue weighted by atomic mass is 79.9. The molecule has 5 nitrogen and oxygen atoms in total. The normalized spacial score (nSPS) is 11.0. The molecular formula is C14H19BrN4O. The van der Waals surface area contributed by atoms with Gasteiger partial charge in [0, 0.05) is 10.5 Å². The van der Waals surface area contributed by atoms with Crippen LogP contribution < -0.4 is 10.1 Å². The zero-order valence-corrected chi connectivity index (χ0v) is 13.3. The van der Waals surface area contributed by atoms with Gasteiger partial charge < -0.3 is 10.1 Å². The maximum atomic E-state index is 5.65. The Labute approximate surface area is 127 Å². The zero-order valence-electron chi connectivity index (χ0n) is 11.7. The molecule has 1 heterocycles. The van der Waals surface area contributed by atoms with Crippen molar-refractivity contribution in [2.24, 2.45) is 0 Å². The Morgan fingerprint density at radius 3 is 2.75 bits per heavy atom. The lowest BCUT2D eigenvalue weighted by atomic mass is 10.3. The van der Waals surface area contributed by atoms with Gasteiger partial charge in [-0.25, -0.2) is 9.67 Å². The number of hydrogen-bond acceptors (Lipinski definition) is 4. The summed E-state index contributed by atoms with van der Waals surface area (Å²) in [5.74, 6) is 1.66. The molecule has 1 aromatic heterocycles. The molecule has 0 aliphatic rings. The van der Waals surface area contributed by atoms with Gasteiger partial charge in [0.15, 0.2) is 5.82 Å². The lowest BCUT2D eigenvalue weighted by molar-refractivity contribution is 0.290. The van der Waals surface area contributed by atoms with E-state index in [4.69, 9.17) is 4.74 Å². The molecule has 0 unspecified atom stereocenters. The van der Waals surface area contributed by atoms with Gasteiger partial charge in [0.1, 0.15) is 18.7 Å². The second-order valence-electron chi connectivity index (χ2n) is 4.76. The first-order valence-electron chi connectivity index (χ1n) is 6.63. The van der Waals surface area contributed by atoms with Crippen molar-refractivity contribution >= 4 is 15.9 Å². The van der Waals surface area contributed by atoms with Crippen molar-refractivity contribution in [1.82, 2.24) is 20.1 Å². The molecule has 0 spiro atoms. The van der Waals surface area contributed by atoms with E-state index in [1.165, 1.54) is 0 Å². The molecule has 0 aliphatic heterocycles. The van der Waals surface area contributed by atoms with Crippen LogP contribution in [0.3, 0.4) is 0 Å². The Hall–Kier alpha value is -1.40. The number of hydrogen-bond donors (Lipinski definition) is 1. The topological polar surface area (TPSA) is 52.0 Å². The summed E-state index contributed by atoms with van der Waals surface area (Å²) in [6.07, 6.45) is 1.74. The van der Waals surface area contributed by atoms with Crippen LogP contribution in [-0.2, 0) is 13.1 Å². The first-order chi connectivity index (χ1) is 9.63. The van der Waals surface area contributed by atoms with Crippen molar-refractivity contribution < 1.29 is 4.74 Å². The summed E-state index contributed by atoms with van der Waals surface area (Å²) < 4.78 is 8.49. The molecule has 20 heavy (non-hydrogen) atoms. The third-order valence-corrected chi connectivity index (χ3v) is 3.18. The van der Waals surface area contributed by atoms with Crippen molar-refractivity contribution in [3.05, 3.63) is 40.9 Å². The minimum Gasteiger partial charge on any atom is -0.492 e. The Morgan fingerprint density at radius 1 is 1.30 bits per heavy atom. The maximum absolute atomic E-state index is 5.65. The molecule has 0 atom stereocenters. The van der Waals surface area contributed by atoms with Gasteiger partial charge >= 0.3 is 0 Å². The SMILES string of the molecule is CC(C)NCc1ncn(CCOc2ccc(Br)cc2)n1. The summed E-state index contributed by atoms with van der Waals surface area (Å²) in [5, 5.41) is 7.67. The van der Waals surface area contributed by atoms with Gasteiger partial charge in [-0.1, -0.05) is 29.8 Å². The van der Waals surface area contributed by atoms with Gasteiger partial charge in [0.25, 0.3) is 0 Å².